The van der Waals surface area contributed by atoms with Gasteiger partial charge in [-0.05, 0) is 59.1 Å². The van der Waals surface area contributed by atoms with Gasteiger partial charge in [-0.25, -0.2) is 8.78 Å². The molecule has 4 heteroatoms. The van der Waals surface area contributed by atoms with Gasteiger partial charge in [0.15, 0.2) is 0 Å². The van der Waals surface area contributed by atoms with Crippen LogP contribution in [0.25, 0.3) is 0 Å². The van der Waals surface area contributed by atoms with E-state index in [2.05, 4.69) is 21.2 Å². The topological polar surface area (TPSA) is 12.0 Å². The summed E-state index contributed by atoms with van der Waals surface area (Å²) in [6.07, 6.45) is 0. The summed E-state index contributed by atoms with van der Waals surface area (Å²) in [5.74, 6) is -0.592. The summed E-state index contributed by atoms with van der Waals surface area (Å²) in [7, 11) is 0. The third-order valence-electron chi connectivity index (χ3n) is 3.03. The van der Waals surface area contributed by atoms with Crippen LogP contribution in [0.15, 0.2) is 40.9 Å². The standard InChI is InChI=1S/C15H14BrF2N/c1-9-4-3-5-14(18)15(9)19-10(2)11-6-7-13(17)12(16)8-11/h3-8,10,19H,1-2H3. The van der Waals surface area contributed by atoms with Gasteiger partial charge >= 0.3 is 0 Å². The van der Waals surface area contributed by atoms with Crippen LogP contribution >= 0.6 is 15.9 Å². The minimum atomic E-state index is -0.307. The Morgan fingerprint density at radius 2 is 1.84 bits per heavy atom. The van der Waals surface area contributed by atoms with Crippen molar-refractivity contribution in [3.8, 4) is 0 Å². The summed E-state index contributed by atoms with van der Waals surface area (Å²) in [6, 6.07) is 9.60. The van der Waals surface area contributed by atoms with Crippen molar-refractivity contribution in [3.63, 3.8) is 0 Å². The fourth-order valence-corrected chi connectivity index (χ4v) is 2.29. The molecule has 1 unspecified atom stereocenters. The van der Waals surface area contributed by atoms with E-state index in [-0.39, 0.29) is 17.7 Å². The highest BCUT2D eigenvalue weighted by Crippen LogP contribution is 2.27. The number of para-hydroxylation sites is 1. The molecule has 0 radical (unpaired) electrons. The summed E-state index contributed by atoms with van der Waals surface area (Å²) < 4.78 is 27.3. The first-order chi connectivity index (χ1) is 8.99. The third kappa shape index (κ3) is 3.13. The number of benzene rings is 2. The molecule has 1 nitrogen and oxygen atoms in total. The average molecular weight is 326 g/mol. The fourth-order valence-electron chi connectivity index (χ4n) is 1.90. The summed E-state index contributed by atoms with van der Waals surface area (Å²) in [5, 5.41) is 3.12. The first-order valence-electron chi connectivity index (χ1n) is 5.95. The van der Waals surface area contributed by atoms with Crippen LogP contribution in [0.1, 0.15) is 24.1 Å². The Labute approximate surface area is 119 Å². The molecule has 0 aromatic heterocycles. The van der Waals surface area contributed by atoms with Crippen molar-refractivity contribution >= 4 is 21.6 Å². The Bertz CT molecular complexity index is 578. The first kappa shape index (κ1) is 14.0. The van der Waals surface area contributed by atoms with E-state index in [4.69, 9.17) is 0 Å². The number of hydrogen-bond donors (Lipinski definition) is 1. The second-order valence-corrected chi connectivity index (χ2v) is 5.33. The molecule has 1 N–H and O–H groups in total. The molecular weight excluding hydrogens is 312 g/mol. The molecule has 0 aliphatic heterocycles. The lowest BCUT2D eigenvalue weighted by molar-refractivity contribution is 0.618. The quantitative estimate of drug-likeness (QED) is 0.816. The van der Waals surface area contributed by atoms with Crippen molar-refractivity contribution in [2.24, 2.45) is 0 Å². The zero-order valence-electron chi connectivity index (χ0n) is 10.7. The van der Waals surface area contributed by atoms with Gasteiger partial charge in [-0.15, -0.1) is 0 Å². The van der Waals surface area contributed by atoms with Gasteiger partial charge in [-0.3, -0.25) is 0 Å². The van der Waals surface area contributed by atoms with Gasteiger partial charge in [0.25, 0.3) is 0 Å². The molecule has 1 atom stereocenters. The molecule has 0 bridgehead atoms. The SMILES string of the molecule is Cc1cccc(F)c1NC(C)c1ccc(F)c(Br)c1. The predicted octanol–water partition coefficient (Wildman–Crippen LogP) is 5.21. The van der Waals surface area contributed by atoms with Crippen LogP contribution in [0.4, 0.5) is 14.5 Å². The maximum Gasteiger partial charge on any atom is 0.146 e. The van der Waals surface area contributed by atoms with Crippen molar-refractivity contribution in [2.45, 2.75) is 19.9 Å². The lowest BCUT2D eigenvalue weighted by Crippen LogP contribution is -2.09. The van der Waals surface area contributed by atoms with Crippen molar-refractivity contribution in [1.82, 2.24) is 0 Å². The van der Waals surface area contributed by atoms with E-state index in [0.717, 1.165) is 11.1 Å². The van der Waals surface area contributed by atoms with E-state index >= 15 is 0 Å². The van der Waals surface area contributed by atoms with E-state index in [1.54, 1.807) is 18.2 Å². The van der Waals surface area contributed by atoms with E-state index < -0.39 is 0 Å². The van der Waals surface area contributed by atoms with Crippen LogP contribution in [-0.4, -0.2) is 0 Å². The maximum absolute atomic E-state index is 13.7. The number of hydrogen-bond acceptors (Lipinski definition) is 1. The molecule has 2 rings (SSSR count). The minimum absolute atomic E-state index is 0.118. The Morgan fingerprint density at radius 1 is 1.11 bits per heavy atom. The Balaban J connectivity index is 2.25. The summed E-state index contributed by atoms with van der Waals surface area (Å²) in [5.41, 5.74) is 2.21. The molecule has 2 aromatic carbocycles. The maximum atomic E-state index is 13.7. The minimum Gasteiger partial charge on any atom is -0.376 e. The normalized spacial score (nSPS) is 12.3. The van der Waals surface area contributed by atoms with Crippen molar-refractivity contribution < 1.29 is 8.78 Å². The van der Waals surface area contributed by atoms with Gasteiger partial charge in [0.2, 0.25) is 0 Å². The van der Waals surface area contributed by atoms with Gasteiger partial charge < -0.3 is 5.32 Å². The van der Waals surface area contributed by atoms with Gasteiger partial charge in [0.1, 0.15) is 11.6 Å². The number of nitrogens with one attached hydrogen (secondary N) is 1. The third-order valence-corrected chi connectivity index (χ3v) is 3.63. The molecule has 0 heterocycles. The van der Waals surface area contributed by atoms with Crippen molar-refractivity contribution in [2.75, 3.05) is 5.32 Å². The highest BCUT2D eigenvalue weighted by Gasteiger charge is 2.11. The van der Waals surface area contributed by atoms with Crippen LogP contribution in [0.2, 0.25) is 0 Å². The van der Waals surface area contributed by atoms with E-state index in [1.807, 2.05) is 19.9 Å². The largest absolute Gasteiger partial charge is 0.376 e. The lowest BCUT2D eigenvalue weighted by atomic mass is 10.1. The molecule has 0 fully saturated rings. The number of anilines is 1. The smallest absolute Gasteiger partial charge is 0.146 e. The highest BCUT2D eigenvalue weighted by molar-refractivity contribution is 9.10. The predicted molar refractivity (Wildman–Crippen MR) is 77.3 cm³/mol. The molecule has 0 spiro atoms. The van der Waals surface area contributed by atoms with Gasteiger partial charge in [0, 0.05) is 6.04 Å². The molecule has 0 aliphatic rings. The van der Waals surface area contributed by atoms with Crippen molar-refractivity contribution in [1.29, 1.82) is 0 Å². The molecule has 0 amide bonds. The second-order valence-electron chi connectivity index (χ2n) is 4.47. The molecule has 0 aliphatic carbocycles. The van der Waals surface area contributed by atoms with Crippen LogP contribution in [-0.2, 0) is 0 Å². The van der Waals surface area contributed by atoms with Crippen molar-refractivity contribution in [3.05, 3.63) is 63.6 Å². The van der Waals surface area contributed by atoms with Crippen LogP contribution in [0, 0.1) is 18.6 Å². The molecule has 2 aromatic rings. The Hall–Kier alpha value is -1.42. The van der Waals surface area contributed by atoms with Crippen LogP contribution < -0.4 is 5.32 Å². The van der Waals surface area contributed by atoms with Gasteiger partial charge in [-0.1, -0.05) is 18.2 Å². The lowest BCUT2D eigenvalue weighted by Gasteiger charge is -2.18. The molecule has 100 valence electrons. The van der Waals surface area contributed by atoms with E-state index in [9.17, 15) is 8.78 Å². The molecule has 0 saturated carbocycles. The summed E-state index contributed by atoms with van der Waals surface area (Å²) in [4.78, 5) is 0. The number of halogens is 3. The average Bonchev–Trinajstić information content (AvgIpc) is 2.37. The highest BCUT2D eigenvalue weighted by atomic mass is 79.9. The van der Waals surface area contributed by atoms with E-state index in [0.29, 0.717) is 10.2 Å². The molecule has 0 saturated heterocycles. The monoisotopic (exact) mass is 325 g/mol. The molecule has 19 heavy (non-hydrogen) atoms. The van der Waals surface area contributed by atoms with Crippen LogP contribution in [0.3, 0.4) is 0 Å². The van der Waals surface area contributed by atoms with Crippen LogP contribution in [0.5, 0.6) is 0 Å². The number of rotatable bonds is 3. The summed E-state index contributed by atoms with van der Waals surface area (Å²) in [6.45, 7) is 3.75. The fraction of sp³-hybridized carbons (Fsp3) is 0.200. The molecular formula is C15H14BrF2N. The Kier molecular flexibility index (Phi) is 4.20. The Morgan fingerprint density at radius 3 is 2.47 bits per heavy atom. The van der Waals surface area contributed by atoms with Gasteiger partial charge in [-0.2, -0.15) is 0 Å². The number of aryl methyl sites for hydroxylation is 1. The second kappa shape index (κ2) is 5.70. The van der Waals surface area contributed by atoms with Gasteiger partial charge in [0.05, 0.1) is 10.2 Å². The zero-order chi connectivity index (χ0) is 14.0. The first-order valence-corrected chi connectivity index (χ1v) is 6.75. The van der Waals surface area contributed by atoms with E-state index in [1.165, 1.54) is 12.1 Å². The summed E-state index contributed by atoms with van der Waals surface area (Å²) >= 11 is 3.15. The zero-order valence-corrected chi connectivity index (χ0v) is 12.3.